The molecule has 0 amide bonds. The lowest BCUT2D eigenvalue weighted by molar-refractivity contribution is -0.0491. The van der Waals surface area contributed by atoms with E-state index in [1.54, 1.807) is 13.0 Å². The summed E-state index contributed by atoms with van der Waals surface area (Å²) in [7, 11) is 0. The van der Waals surface area contributed by atoms with Crippen molar-refractivity contribution in [3.8, 4) is 0 Å². The summed E-state index contributed by atoms with van der Waals surface area (Å²) in [5, 5.41) is 10.9. The maximum atomic E-state index is 13.5. The molecule has 0 saturated heterocycles. The van der Waals surface area contributed by atoms with E-state index >= 15 is 0 Å². The van der Waals surface area contributed by atoms with E-state index in [0.717, 1.165) is 0 Å². The smallest absolute Gasteiger partial charge is 0.282 e. The predicted molar refractivity (Wildman–Crippen MR) is 62.6 cm³/mol. The monoisotopic (exact) mass is 311 g/mol. The number of halogens is 4. The van der Waals surface area contributed by atoms with Gasteiger partial charge in [-0.2, -0.15) is 0 Å². The summed E-state index contributed by atoms with van der Waals surface area (Å²) in [6.45, 7) is -0.338. The first-order valence-electron chi connectivity index (χ1n) is 5.03. The molecule has 6 heteroatoms. The van der Waals surface area contributed by atoms with Gasteiger partial charge in [-0.15, -0.1) is 0 Å². The lowest BCUT2D eigenvalue weighted by Crippen LogP contribution is -2.37. The molecular weight excluding hydrogens is 299 g/mol. The fourth-order valence-corrected chi connectivity index (χ4v) is 1.65. The minimum absolute atomic E-state index is 0.307. The highest BCUT2D eigenvalue weighted by Crippen LogP contribution is 2.21. The van der Waals surface area contributed by atoms with Crippen LogP contribution >= 0.6 is 15.9 Å². The van der Waals surface area contributed by atoms with Crippen molar-refractivity contribution in [1.82, 2.24) is 5.32 Å². The summed E-state index contributed by atoms with van der Waals surface area (Å²) in [5.74, 6) is -3.66. The Kier molecular flexibility index (Phi) is 4.97. The van der Waals surface area contributed by atoms with Gasteiger partial charge in [-0.3, -0.25) is 0 Å². The van der Waals surface area contributed by atoms with Crippen LogP contribution in [0.5, 0.6) is 0 Å². The largest absolute Gasteiger partial charge is 0.390 e. The van der Waals surface area contributed by atoms with Gasteiger partial charge in [0.15, 0.2) is 0 Å². The Bertz CT molecular complexity index is 387. The molecule has 2 N–H and O–H groups in total. The average Bonchev–Trinajstić information content (AvgIpc) is 2.26. The molecule has 0 aliphatic carbocycles. The van der Waals surface area contributed by atoms with Crippen molar-refractivity contribution in [2.45, 2.75) is 18.9 Å². The summed E-state index contributed by atoms with van der Waals surface area (Å²) < 4.78 is 39.6. The topological polar surface area (TPSA) is 32.3 Å². The maximum absolute atomic E-state index is 13.5. The number of alkyl halides is 2. The van der Waals surface area contributed by atoms with E-state index < -0.39 is 30.9 Å². The molecule has 0 saturated carbocycles. The average molecular weight is 312 g/mol. The van der Waals surface area contributed by atoms with Gasteiger partial charge in [-0.25, -0.2) is 13.2 Å². The quantitative estimate of drug-likeness (QED) is 0.876. The number of rotatable bonds is 5. The Morgan fingerprint density at radius 1 is 1.47 bits per heavy atom. The predicted octanol–water partition coefficient (Wildman–Crippen LogP) is 2.87. The molecule has 0 aromatic heterocycles. The molecule has 0 fully saturated rings. The highest BCUT2D eigenvalue weighted by molar-refractivity contribution is 9.10. The summed E-state index contributed by atoms with van der Waals surface area (Å²) in [4.78, 5) is 0. The van der Waals surface area contributed by atoms with Crippen molar-refractivity contribution in [3.05, 3.63) is 34.1 Å². The van der Waals surface area contributed by atoms with Gasteiger partial charge in [-0.1, -0.05) is 22.0 Å². The summed E-state index contributed by atoms with van der Waals surface area (Å²) in [6, 6.07) is 3.88. The van der Waals surface area contributed by atoms with Crippen LogP contribution in [0.15, 0.2) is 22.7 Å². The molecule has 1 rings (SSSR count). The molecule has 0 aliphatic rings. The molecule has 0 heterocycles. The van der Waals surface area contributed by atoms with Crippen molar-refractivity contribution < 1.29 is 18.3 Å². The van der Waals surface area contributed by atoms with Gasteiger partial charge in [0, 0.05) is 16.1 Å². The number of hydrogen-bond donors (Lipinski definition) is 2. The van der Waals surface area contributed by atoms with Gasteiger partial charge in [-0.05, 0) is 19.1 Å². The molecule has 1 aromatic carbocycles. The van der Waals surface area contributed by atoms with Gasteiger partial charge >= 0.3 is 0 Å². The van der Waals surface area contributed by atoms with Crippen molar-refractivity contribution in [2.75, 3.05) is 13.2 Å². The van der Waals surface area contributed by atoms with E-state index in [2.05, 4.69) is 21.2 Å². The number of aliphatic hydroxyl groups is 1. The highest BCUT2D eigenvalue weighted by atomic mass is 79.9. The van der Waals surface area contributed by atoms with E-state index in [0.29, 0.717) is 10.0 Å². The number of nitrogens with one attached hydrogen (secondary N) is 1. The summed E-state index contributed by atoms with van der Waals surface area (Å²) in [6.07, 6.45) is 0. The Labute approximate surface area is 106 Å². The first-order valence-corrected chi connectivity index (χ1v) is 5.82. The molecule has 1 atom stereocenters. The molecule has 2 nitrogen and oxygen atoms in total. The molecule has 0 radical (unpaired) electrons. The lowest BCUT2D eigenvalue weighted by Gasteiger charge is -2.19. The van der Waals surface area contributed by atoms with Gasteiger partial charge in [0.05, 0.1) is 6.54 Å². The number of aliphatic hydroxyl groups excluding tert-OH is 1. The molecular formula is C11H13BrF3NO. The van der Waals surface area contributed by atoms with Crippen LogP contribution in [0.2, 0.25) is 0 Å². The highest BCUT2D eigenvalue weighted by Gasteiger charge is 2.28. The molecule has 0 aliphatic heterocycles. The third-order valence-electron chi connectivity index (χ3n) is 2.33. The fourth-order valence-electron chi connectivity index (χ4n) is 1.32. The van der Waals surface area contributed by atoms with Crippen LogP contribution in [0.3, 0.4) is 0 Å². The summed E-state index contributed by atoms with van der Waals surface area (Å²) >= 11 is 3.11. The SMILES string of the molecule is CC(NCC(F)(F)CO)c1ccc(Br)cc1F. The van der Waals surface area contributed by atoms with E-state index in [9.17, 15) is 13.2 Å². The Morgan fingerprint density at radius 3 is 2.65 bits per heavy atom. The fraction of sp³-hybridized carbons (Fsp3) is 0.455. The van der Waals surface area contributed by atoms with Crippen molar-refractivity contribution >= 4 is 15.9 Å². The van der Waals surface area contributed by atoms with E-state index in [-0.39, 0.29) is 0 Å². The minimum Gasteiger partial charge on any atom is -0.390 e. The number of hydrogen-bond acceptors (Lipinski definition) is 2. The van der Waals surface area contributed by atoms with Crippen LogP contribution in [0, 0.1) is 5.82 Å². The third kappa shape index (κ3) is 4.29. The maximum Gasteiger partial charge on any atom is 0.282 e. The standard InChI is InChI=1S/C11H13BrF3NO/c1-7(16-5-11(14,15)6-17)9-3-2-8(12)4-10(9)13/h2-4,7,16-17H,5-6H2,1H3. The lowest BCUT2D eigenvalue weighted by atomic mass is 10.1. The van der Waals surface area contributed by atoms with Crippen LogP contribution in [-0.2, 0) is 0 Å². The van der Waals surface area contributed by atoms with E-state index in [4.69, 9.17) is 5.11 Å². The first kappa shape index (κ1) is 14.5. The molecule has 96 valence electrons. The second-order valence-electron chi connectivity index (χ2n) is 3.78. The molecule has 0 spiro atoms. The normalized spacial score (nSPS) is 13.8. The second-order valence-corrected chi connectivity index (χ2v) is 4.70. The van der Waals surface area contributed by atoms with Crippen LogP contribution < -0.4 is 5.32 Å². The zero-order valence-electron chi connectivity index (χ0n) is 9.18. The third-order valence-corrected chi connectivity index (χ3v) is 2.82. The van der Waals surface area contributed by atoms with Gasteiger partial charge < -0.3 is 10.4 Å². The Balaban J connectivity index is 2.67. The second kappa shape index (κ2) is 5.84. The van der Waals surface area contributed by atoms with Crippen LogP contribution in [0.4, 0.5) is 13.2 Å². The van der Waals surface area contributed by atoms with Crippen molar-refractivity contribution in [2.24, 2.45) is 0 Å². The van der Waals surface area contributed by atoms with Gasteiger partial charge in [0.2, 0.25) is 0 Å². The molecule has 1 unspecified atom stereocenters. The zero-order valence-corrected chi connectivity index (χ0v) is 10.8. The number of benzene rings is 1. The molecule has 17 heavy (non-hydrogen) atoms. The Morgan fingerprint density at radius 2 is 2.12 bits per heavy atom. The van der Waals surface area contributed by atoms with Crippen molar-refractivity contribution in [3.63, 3.8) is 0 Å². The molecule has 1 aromatic rings. The van der Waals surface area contributed by atoms with Crippen LogP contribution in [0.25, 0.3) is 0 Å². The zero-order chi connectivity index (χ0) is 13.1. The van der Waals surface area contributed by atoms with Gasteiger partial charge in [0.25, 0.3) is 5.92 Å². The van der Waals surface area contributed by atoms with Crippen LogP contribution in [-0.4, -0.2) is 24.2 Å². The Hall–Kier alpha value is -0.590. The molecule has 0 bridgehead atoms. The summed E-state index contributed by atoms with van der Waals surface area (Å²) in [5.41, 5.74) is 0.307. The first-order chi connectivity index (χ1) is 7.85. The van der Waals surface area contributed by atoms with Gasteiger partial charge in [0.1, 0.15) is 12.4 Å². The minimum atomic E-state index is -3.19. The van der Waals surface area contributed by atoms with E-state index in [1.807, 2.05) is 0 Å². The van der Waals surface area contributed by atoms with Crippen molar-refractivity contribution in [1.29, 1.82) is 0 Å². The van der Waals surface area contributed by atoms with Crippen LogP contribution in [0.1, 0.15) is 18.5 Å². The van der Waals surface area contributed by atoms with E-state index in [1.165, 1.54) is 12.1 Å².